The van der Waals surface area contributed by atoms with Crippen molar-refractivity contribution in [2.45, 2.75) is 13.8 Å². The zero-order chi connectivity index (χ0) is 14.8. The summed E-state index contributed by atoms with van der Waals surface area (Å²) in [6.07, 6.45) is 1.50. The molecule has 1 aliphatic heterocycles. The first-order valence-electron chi connectivity index (χ1n) is 6.57. The molecule has 0 saturated heterocycles. The molecule has 0 amide bonds. The molecule has 2 aromatic rings. The van der Waals surface area contributed by atoms with Gasteiger partial charge in [0.1, 0.15) is 5.76 Å². The lowest BCUT2D eigenvalue weighted by molar-refractivity contribution is 0.102. The first-order valence-corrected chi connectivity index (χ1v) is 6.57. The standard InChI is InChI=1S/C16H15NO4/c1-10(7-13(18)14-5-3-11(2)21-14)17-12-4-6-15-16(8-12)20-9-19-15/h3-8,17H,9H2,1-2H3. The second-order valence-corrected chi connectivity index (χ2v) is 4.79. The first-order chi connectivity index (χ1) is 10.1. The molecule has 0 radical (unpaired) electrons. The van der Waals surface area contributed by atoms with Gasteiger partial charge in [0.05, 0.1) is 0 Å². The summed E-state index contributed by atoms with van der Waals surface area (Å²) in [4.78, 5) is 12.0. The quantitative estimate of drug-likeness (QED) is 0.688. The normalized spacial score (nSPS) is 13.3. The van der Waals surface area contributed by atoms with Gasteiger partial charge in [-0.2, -0.15) is 0 Å². The summed E-state index contributed by atoms with van der Waals surface area (Å²) in [5.74, 6) is 2.30. The van der Waals surface area contributed by atoms with Crippen molar-refractivity contribution in [1.82, 2.24) is 0 Å². The lowest BCUT2D eigenvalue weighted by Crippen LogP contribution is -2.00. The molecule has 1 aromatic carbocycles. The lowest BCUT2D eigenvalue weighted by Gasteiger charge is -2.07. The third kappa shape index (κ3) is 2.91. The Kier molecular flexibility index (Phi) is 3.39. The molecule has 0 saturated carbocycles. The van der Waals surface area contributed by atoms with Crippen molar-refractivity contribution < 1.29 is 18.7 Å². The number of carbonyl (C=O) groups excluding carboxylic acids is 1. The van der Waals surface area contributed by atoms with E-state index < -0.39 is 0 Å². The molecule has 1 aromatic heterocycles. The Morgan fingerprint density at radius 2 is 2.00 bits per heavy atom. The Hall–Kier alpha value is -2.69. The molecule has 2 heterocycles. The molecule has 3 rings (SSSR count). The predicted octanol–water partition coefficient (Wildman–Crippen LogP) is 3.52. The highest BCUT2D eigenvalue weighted by atomic mass is 16.7. The van der Waals surface area contributed by atoms with Crippen LogP contribution in [0.4, 0.5) is 5.69 Å². The number of hydrogen-bond donors (Lipinski definition) is 1. The van der Waals surface area contributed by atoms with Gasteiger partial charge in [-0.3, -0.25) is 4.79 Å². The largest absolute Gasteiger partial charge is 0.458 e. The maximum Gasteiger partial charge on any atom is 0.231 e. The predicted molar refractivity (Wildman–Crippen MR) is 77.7 cm³/mol. The molecule has 0 atom stereocenters. The maximum atomic E-state index is 12.0. The van der Waals surface area contributed by atoms with Gasteiger partial charge in [-0.25, -0.2) is 0 Å². The van der Waals surface area contributed by atoms with Crippen molar-refractivity contribution in [3.8, 4) is 11.5 Å². The lowest BCUT2D eigenvalue weighted by atomic mass is 10.2. The molecule has 5 nitrogen and oxygen atoms in total. The zero-order valence-corrected chi connectivity index (χ0v) is 11.8. The first kappa shape index (κ1) is 13.3. The summed E-state index contributed by atoms with van der Waals surface area (Å²) in [5.41, 5.74) is 1.55. The van der Waals surface area contributed by atoms with Gasteiger partial charge in [0.15, 0.2) is 17.3 Å². The number of hydrogen-bond acceptors (Lipinski definition) is 5. The third-order valence-electron chi connectivity index (χ3n) is 3.04. The van der Waals surface area contributed by atoms with E-state index in [0.717, 1.165) is 11.4 Å². The van der Waals surface area contributed by atoms with Crippen LogP contribution in [0.2, 0.25) is 0 Å². The Morgan fingerprint density at radius 1 is 1.19 bits per heavy atom. The molecule has 0 fully saturated rings. The van der Waals surface area contributed by atoms with Gasteiger partial charge in [-0.05, 0) is 38.1 Å². The fourth-order valence-corrected chi connectivity index (χ4v) is 2.07. The summed E-state index contributed by atoms with van der Waals surface area (Å²) >= 11 is 0. The molecule has 5 heteroatoms. The van der Waals surface area contributed by atoms with E-state index >= 15 is 0 Å². The molecule has 108 valence electrons. The number of fused-ring (bicyclic) bond motifs is 1. The highest BCUT2D eigenvalue weighted by molar-refractivity contribution is 6.03. The van der Waals surface area contributed by atoms with Crippen LogP contribution in [0.1, 0.15) is 23.2 Å². The highest BCUT2D eigenvalue weighted by Gasteiger charge is 2.13. The van der Waals surface area contributed by atoms with Crippen LogP contribution in [0, 0.1) is 6.92 Å². The number of allylic oxidation sites excluding steroid dienone is 2. The summed E-state index contributed by atoms with van der Waals surface area (Å²) in [6, 6.07) is 8.97. The summed E-state index contributed by atoms with van der Waals surface area (Å²) < 4.78 is 15.9. The van der Waals surface area contributed by atoms with Crippen LogP contribution in [-0.4, -0.2) is 12.6 Å². The van der Waals surface area contributed by atoms with Crippen molar-refractivity contribution in [3.63, 3.8) is 0 Å². The average molecular weight is 285 g/mol. The van der Waals surface area contributed by atoms with Crippen LogP contribution in [0.25, 0.3) is 0 Å². The van der Waals surface area contributed by atoms with E-state index in [9.17, 15) is 4.79 Å². The molecule has 1 N–H and O–H groups in total. The van der Waals surface area contributed by atoms with E-state index in [-0.39, 0.29) is 12.6 Å². The summed E-state index contributed by atoms with van der Waals surface area (Å²) in [5, 5.41) is 3.14. The van der Waals surface area contributed by atoms with Gasteiger partial charge in [0.2, 0.25) is 12.6 Å². The number of ketones is 1. The molecule has 1 aliphatic rings. The molecule has 0 aliphatic carbocycles. The van der Waals surface area contributed by atoms with Gasteiger partial charge in [-0.1, -0.05) is 0 Å². The average Bonchev–Trinajstić information content (AvgIpc) is 3.06. The van der Waals surface area contributed by atoms with Gasteiger partial charge in [0, 0.05) is 23.5 Å². The molecule has 21 heavy (non-hydrogen) atoms. The third-order valence-corrected chi connectivity index (χ3v) is 3.04. The smallest absolute Gasteiger partial charge is 0.231 e. The second kappa shape index (κ2) is 5.36. The molecular formula is C16H15NO4. The van der Waals surface area contributed by atoms with E-state index in [0.29, 0.717) is 23.0 Å². The van der Waals surface area contributed by atoms with E-state index in [2.05, 4.69) is 5.32 Å². The van der Waals surface area contributed by atoms with Gasteiger partial charge < -0.3 is 19.2 Å². The van der Waals surface area contributed by atoms with Crippen molar-refractivity contribution in [3.05, 3.63) is 53.6 Å². The number of ether oxygens (including phenoxy) is 2. The molecule has 0 bridgehead atoms. The van der Waals surface area contributed by atoms with E-state index in [4.69, 9.17) is 13.9 Å². The van der Waals surface area contributed by atoms with Crippen molar-refractivity contribution in [2.24, 2.45) is 0 Å². The van der Waals surface area contributed by atoms with E-state index in [1.807, 2.05) is 25.1 Å². The minimum atomic E-state index is -0.172. The summed E-state index contributed by atoms with van der Waals surface area (Å²) in [7, 11) is 0. The van der Waals surface area contributed by atoms with Gasteiger partial charge in [-0.15, -0.1) is 0 Å². The zero-order valence-electron chi connectivity index (χ0n) is 11.8. The Balaban J connectivity index is 1.72. The van der Waals surface area contributed by atoms with Crippen LogP contribution < -0.4 is 14.8 Å². The highest BCUT2D eigenvalue weighted by Crippen LogP contribution is 2.34. The van der Waals surface area contributed by atoms with E-state index in [1.165, 1.54) is 6.08 Å². The number of anilines is 1. The van der Waals surface area contributed by atoms with Crippen LogP contribution in [0.3, 0.4) is 0 Å². The number of rotatable bonds is 4. The molecule has 0 spiro atoms. The number of furan rings is 1. The number of aryl methyl sites for hydroxylation is 1. The maximum absolute atomic E-state index is 12.0. The summed E-state index contributed by atoms with van der Waals surface area (Å²) in [6.45, 7) is 3.86. The van der Waals surface area contributed by atoms with Crippen LogP contribution in [0.5, 0.6) is 11.5 Å². The van der Waals surface area contributed by atoms with Crippen molar-refractivity contribution in [2.75, 3.05) is 12.1 Å². The minimum Gasteiger partial charge on any atom is -0.458 e. The Labute approximate surface area is 122 Å². The van der Waals surface area contributed by atoms with Gasteiger partial charge >= 0.3 is 0 Å². The fourth-order valence-electron chi connectivity index (χ4n) is 2.07. The second-order valence-electron chi connectivity index (χ2n) is 4.79. The topological polar surface area (TPSA) is 60.7 Å². The Bertz CT molecular complexity index is 715. The monoisotopic (exact) mass is 285 g/mol. The number of nitrogens with one attached hydrogen (secondary N) is 1. The van der Waals surface area contributed by atoms with Crippen LogP contribution in [-0.2, 0) is 0 Å². The molecule has 0 unspecified atom stereocenters. The van der Waals surface area contributed by atoms with Crippen molar-refractivity contribution in [1.29, 1.82) is 0 Å². The van der Waals surface area contributed by atoms with Crippen molar-refractivity contribution >= 4 is 11.5 Å². The fraction of sp³-hybridized carbons (Fsp3) is 0.188. The van der Waals surface area contributed by atoms with E-state index in [1.54, 1.807) is 19.1 Å². The number of carbonyl (C=O) groups is 1. The minimum absolute atomic E-state index is 0.172. The van der Waals surface area contributed by atoms with Crippen LogP contribution in [0.15, 0.2) is 46.5 Å². The SMILES string of the molecule is CC(=CC(=O)c1ccc(C)o1)Nc1ccc2c(c1)OCO2. The number of benzene rings is 1. The Morgan fingerprint density at radius 3 is 2.76 bits per heavy atom. The van der Waals surface area contributed by atoms with Gasteiger partial charge in [0.25, 0.3) is 0 Å². The van der Waals surface area contributed by atoms with Crippen LogP contribution >= 0.6 is 0 Å². The molecular weight excluding hydrogens is 270 g/mol.